The summed E-state index contributed by atoms with van der Waals surface area (Å²) in [7, 11) is 0. The van der Waals surface area contributed by atoms with E-state index in [4.69, 9.17) is 0 Å². The molecule has 130 valence electrons. The molecule has 0 aromatic heterocycles. The molecule has 4 heteroatoms. The molecule has 0 unspecified atom stereocenters. The SMILES string of the molecule is CC(=O)Nc1cccc(NC(=O)c2ccccc2Cc2ccccc2)c1. The fraction of sp³-hybridized carbons (Fsp3) is 0.0909. The van der Waals surface area contributed by atoms with Crippen molar-refractivity contribution in [3.8, 4) is 0 Å². The molecule has 0 saturated heterocycles. The van der Waals surface area contributed by atoms with Crippen molar-refractivity contribution in [2.45, 2.75) is 13.3 Å². The molecule has 2 N–H and O–H groups in total. The lowest BCUT2D eigenvalue weighted by atomic mass is 9.99. The Morgan fingerprint density at radius 2 is 1.42 bits per heavy atom. The van der Waals surface area contributed by atoms with Gasteiger partial charge in [-0.05, 0) is 41.8 Å². The molecular formula is C22H20N2O2. The van der Waals surface area contributed by atoms with E-state index in [2.05, 4.69) is 10.6 Å². The number of benzene rings is 3. The van der Waals surface area contributed by atoms with Crippen LogP contribution in [0.15, 0.2) is 78.9 Å². The van der Waals surface area contributed by atoms with Crippen LogP contribution in [-0.2, 0) is 11.2 Å². The molecule has 0 bridgehead atoms. The Balaban J connectivity index is 1.79. The summed E-state index contributed by atoms with van der Waals surface area (Å²) in [4.78, 5) is 23.9. The summed E-state index contributed by atoms with van der Waals surface area (Å²) >= 11 is 0. The summed E-state index contributed by atoms with van der Waals surface area (Å²) in [5.74, 6) is -0.321. The molecule has 0 aliphatic carbocycles. The Hall–Kier alpha value is -3.40. The van der Waals surface area contributed by atoms with Gasteiger partial charge in [0.1, 0.15) is 0 Å². The predicted molar refractivity (Wildman–Crippen MR) is 104 cm³/mol. The van der Waals surface area contributed by atoms with Gasteiger partial charge in [0.25, 0.3) is 5.91 Å². The van der Waals surface area contributed by atoms with E-state index in [-0.39, 0.29) is 11.8 Å². The largest absolute Gasteiger partial charge is 0.326 e. The first-order valence-electron chi connectivity index (χ1n) is 8.42. The highest BCUT2D eigenvalue weighted by Crippen LogP contribution is 2.19. The van der Waals surface area contributed by atoms with Gasteiger partial charge in [0.15, 0.2) is 0 Å². The molecule has 4 nitrogen and oxygen atoms in total. The summed E-state index contributed by atoms with van der Waals surface area (Å²) in [5, 5.41) is 5.62. The van der Waals surface area contributed by atoms with Gasteiger partial charge >= 0.3 is 0 Å². The van der Waals surface area contributed by atoms with Gasteiger partial charge in [-0.3, -0.25) is 9.59 Å². The third kappa shape index (κ3) is 4.57. The van der Waals surface area contributed by atoms with Crippen LogP contribution in [0.5, 0.6) is 0 Å². The summed E-state index contributed by atoms with van der Waals surface area (Å²) in [6.07, 6.45) is 0.691. The zero-order chi connectivity index (χ0) is 18.4. The Kier molecular flexibility index (Phi) is 5.44. The molecule has 0 aliphatic rings. The minimum absolute atomic E-state index is 0.151. The van der Waals surface area contributed by atoms with E-state index in [0.717, 1.165) is 11.1 Å². The van der Waals surface area contributed by atoms with E-state index >= 15 is 0 Å². The topological polar surface area (TPSA) is 58.2 Å². The van der Waals surface area contributed by atoms with Crippen molar-refractivity contribution in [2.24, 2.45) is 0 Å². The van der Waals surface area contributed by atoms with E-state index in [1.807, 2.05) is 54.6 Å². The van der Waals surface area contributed by atoms with E-state index in [1.54, 1.807) is 24.3 Å². The van der Waals surface area contributed by atoms with Crippen molar-refractivity contribution in [1.82, 2.24) is 0 Å². The smallest absolute Gasteiger partial charge is 0.255 e. The molecular weight excluding hydrogens is 324 g/mol. The van der Waals surface area contributed by atoms with Crippen molar-refractivity contribution in [3.05, 3.63) is 95.6 Å². The van der Waals surface area contributed by atoms with Crippen LogP contribution in [0.1, 0.15) is 28.4 Å². The van der Waals surface area contributed by atoms with Crippen molar-refractivity contribution in [2.75, 3.05) is 10.6 Å². The van der Waals surface area contributed by atoms with Gasteiger partial charge in [-0.15, -0.1) is 0 Å². The highest BCUT2D eigenvalue weighted by atomic mass is 16.2. The standard InChI is InChI=1S/C22H20N2O2/c1-16(25)23-19-11-7-12-20(15-19)24-22(26)21-13-6-5-10-18(21)14-17-8-3-2-4-9-17/h2-13,15H,14H2,1H3,(H,23,25)(H,24,26). The maximum atomic E-state index is 12.8. The van der Waals surface area contributed by atoms with E-state index in [1.165, 1.54) is 6.92 Å². The Morgan fingerprint density at radius 1 is 0.769 bits per heavy atom. The Morgan fingerprint density at radius 3 is 2.15 bits per heavy atom. The van der Waals surface area contributed by atoms with Gasteiger partial charge in [0, 0.05) is 23.9 Å². The van der Waals surface area contributed by atoms with E-state index < -0.39 is 0 Å². The second-order valence-corrected chi connectivity index (χ2v) is 6.04. The van der Waals surface area contributed by atoms with Crippen molar-refractivity contribution in [1.29, 1.82) is 0 Å². The summed E-state index contributed by atoms with van der Waals surface area (Å²) < 4.78 is 0. The molecule has 0 radical (unpaired) electrons. The van der Waals surface area contributed by atoms with Crippen molar-refractivity contribution >= 4 is 23.2 Å². The van der Waals surface area contributed by atoms with Crippen LogP contribution in [-0.4, -0.2) is 11.8 Å². The maximum Gasteiger partial charge on any atom is 0.255 e. The monoisotopic (exact) mass is 344 g/mol. The number of nitrogens with one attached hydrogen (secondary N) is 2. The molecule has 0 aliphatic heterocycles. The molecule has 3 rings (SSSR count). The zero-order valence-electron chi connectivity index (χ0n) is 14.5. The molecule has 3 aromatic carbocycles. The number of rotatable bonds is 5. The Labute approximate surface area is 152 Å². The third-order valence-electron chi connectivity index (χ3n) is 3.94. The molecule has 0 spiro atoms. The molecule has 0 fully saturated rings. The second kappa shape index (κ2) is 8.12. The average molecular weight is 344 g/mol. The second-order valence-electron chi connectivity index (χ2n) is 6.04. The van der Waals surface area contributed by atoms with Crippen LogP contribution >= 0.6 is 0 Å². The maximum absolute atomic E-state index is 12.8. The van der Waals surface area contributed by atoms with E-state index in [0.29, 0.717) is 23.4 Å². The van der Waals surface area contributed by atoms with E-state index in [9.17, 15) is 9.59 Å². The minimum atomic E-state index is -0.170. The fourth-order valence-corrected chi connectivity index (χ4v) is 2.79. The van der Waals surface area contributed by atoms with Gasteiger partial charge < -0.3 is 10.6 Å². The lowest BCUT2D eigenvalue weighted by Gasteiger charge is -2.11. The molecule has 0 heterocycles. The van der Waals surface area contributed by atoms with Crippen LogP contribution in [0, 0.1) is 0 Å². The first-order chi connectivity index (χ1) is 12.6. The highest BCUT2D eigenvalue weighted by Gasteiger charge is 2.12. The van der Waals surface area contributed by atoms with Crippen molar-refractivity contribution < 1.29 is 9.59 Å². The lowest BCUT2D eigenvalue weighted by Crippen LogP contribution is -2.15. The van der Waals surface area contributed by atoms with Crippen LogP contribution < -0.4 is 10.6 Å². The molecule has 26 heavy (non-hydrogen) atoms. The quantitative estimate of drug-likeness (QED) is 0.716. The molecule has 0 saturated carbocycles. The van der Waals surface area contributed by atoms with Crippen molar-refractivity contribution in [3.63, 3.8) is 0 Å². The van der Waals surface area contributed by atoms with Crippen LogP contribution in [0.25, 0.3) is 0 Å². The Bertz CT molecular complexity index is 920. The average Bonchev–Trinajstić information content (AvgIpc) is 2.63. The molecule has 0 atom stereocenters. The van der Waals surface area contributed by atoms with Gasteiger partial charge in [0.05, 0.1) is 0 Å². The third-order valence-corrected chi connectivity index (χ3v) is 3.94. The number of amides is 2. The van der Waals surface area contributed by atoms with Crippen LogP contribution in [0.4, 0.5) is 11.4 Å². The fourth-order valence-electron chi connectivity index (χ4n) is 2.79. The first-order valence-corrected chi connectivity index (χ1v) is 8.42. The molecule has 2 amide bonds. The summed E-state index contributed by atoms with van der Waals surface area (Å²) in [6, 6.07) is 24.7. The van der Waals surface area contributed by atoms with Crippen LogP contribution in [0.2, 0.25) is 0 Å². The van der Waals surface area contributed by atoms with Gasteiger partial charge in [-0.25, -0.2) is 0 Å². The lowest BCUT2D eigenvalue weighted by molar-refractivity contribution is -0.114. The molecule has 3 aromatic rings. The predicted octanol–water partition coefficient (Wildman–Crippen LogP) is 4.49. The normalized spacial score (nSPS) is 10.2. The summed E-state index contributed by atoms with van der Waals surface area (Å²) in [5.41, 5.74) is 4.04. The van der Waals surface area contributed by atoms with Gasteiger partial charge in [-0.1, -0.05) is 54.6 Å². The first kappa shape index (κ1) is 17.4. The highest BCUT2D eigenvalue weighted by molar-refractivity contribution is 6.05. The number of carbonyl (C=O) groups excluding carboxylic acids is 2. The number of hydrogen-bond acceptors (Lipinski definition) is 2. The van der Waals surface area contributed by atoms with Gasteiger partial charge in [0.2, 0.25) is 5.91 Å². The summed E-state index contributed by atoms with van der Waals surface area (Å²) in [6.45, 7) is 1.45. The minimum Gasteiger partial charge on any atom is -0.326 e. The number of anilines is 2. The van der Waals surface area contributed by atoms with Gasteiger partial charge in [-0.2, -0.15) is 0 Å². The zero-order valence-corrected chi connectivity index (χ0v) is 14.5. The van der Waals surface area contributed by atoms with Crippen LogP contribution in [0.3, 0.4) is 0 Å². The number of hydrogen-bond donors (Lipinski definition) is 2. The number of carbonyl (C=O) groups is 2.